The van der Waals surface area contributed by atoms with Crippen LogP contribution in [-0.4, -0.2) is 0 Å². The molecule has 0 unspecified atom stereocenters. The van der Waals surface area contributed by atoms with Gasteiger partial charge in [0.05, 0.1) is 0 Å². The van der Waals surface area contributed by atoms with Crippen LogP contribution in [0.4, 0.5) is 0 Å². The topological polar surface area (TPSA) is 35.0 Å². The molecule has 0 amide bonds. The number of halogens is 2. The van der Waals surface area contributed by atoms with Crippen molar-refractivity contribution in [3.05, 3.63) is 0 Å². The first-order valence-corrected chi connectivity index (χ1v) is 0. The van der Waals surface area contributed by atoms with E-state index >= 15 is 0 Å². The van der Waals surface area contributed by atoms with Crippen molar-refractivity contribution in [2.75, 3.05) is 0 Å². The summed E-state index contributed by atoms with van der Waals surface area (Å²) in [4.78, 5) is 0. The first-order chi connectivity index (χ1) is 0. The molecule has 4 heavy (non-hydrogen) atoms. The molecule has 34 valence electrons. The zero-order valence-electron chi connectivity index (χ0n) is 1.79. The van der Waals surface area contributed by atoms with Crippen LogP contribution < -0.4 is 18.6 Å². The fourth-order valence-corrected chi connectivity index (χ4v) is 0. The van der Waals surface area contributed by atoms with E-state index in [1.54, 1.807) is 0 Å². The Bertz CT molecular complexity index is 6.00. The van der Waals surface area contributed by atoms with Crippen molar-refractivity contribution < 1.29 is 34.8 Å². The summed E-state index contributed by atoms with van der Waals surface area (Å²) in [6.45, 7) is 0. The molecule has 0 bridgehead atoms. The largest absolute Gasteiger partial charge is 1.00 e. The molecule has 0 saturated carbocycles. The zero-order chi connectivity index (χ0) is 0. The van der Waals surface area contributed by atoms with Gasteiger partial charge in [-0.3, -0.25) is 0 Å². The van der Waals surface area contributed by atoms with Gasteiger partial charge >= 0.3 is 22.4 Å². The van der Waals surface area contributed by atoms with E-state index in [2.05, 4.69) is 0 Å². The Hall–Kier alpha value is 1.28. The molecular formula is H4AgCl2N. The minimum atomic E-state index is 0. The first-order valence-electron chi connectivity index (χ1n) is 0. The normalized spacial score (nSPS) is 0. The Morgan fingerprint density at radius 3 is 1.00 bits per heavy atom. The molecule has 0 saturated heterocycles. The molecule has 0 spiro atoms. The van der Waals surface area contributed by atoms with E-state index < -0.39 is 0 Å². The second kappa shape index (κ2) is 28.1. The molecule has 0 aliphatic carbocycles. The molecular weight excluding hydrogens is 193 g/mol. The van der Waals surface area contributed by atoms with Gasteiger partial charge in [-0.25, -0.2) is 0 Å². The van der Waals surface area contributed by atoms with Gasteiger partial charge < -0.3 is 18.6 Å². The van der Waals surface area contributed by atoms with Gasteiger partial charge in [0.2, 0.25) is 0 Å². The van der Waals surface area contributed by atoms with Crippen LogP contribution in [0, 0.1) is 0 Å². The van der Waals surface area contributed by atoms with Crippen molar-refractivity contribution in [1.29, 1.82) is 0 Å². The van der Waals surface area contributed by atoms with E-state index in [1.165, 1.54) is 0 Å². The maximum absolute atomic E-state index is 0. The van der Waals surface area contributed by atoms with Gasteiger partial charge in [0.15, 0.2) is 0 Å². The van der Waals surface area contributed by atoms with Crippen LogP contribution in [0.25, 0.3) is 0 Å². The molecule has 0 heterocycles. The molecule has 4 heteroatoms. The van der Waals surface area contributed by atoms with E-state index in [9.17, 15) is 0 Å². The summed E-state index contributed by atoms with van der Waals surface area (Å²) in [5, 5.41) is 0. The predicted molar refractivity (Wildman–Crippen MR) is 12.3 cm³/mol. The van der Waals surface area contributed by atoms with Crippen LogP contribution in [0.2, 0.25) is 0 Å². The maximum atomic E-state index is 0. The molecule has 0 rings (SSSR count). The number of hydrogen-bond acceptors (Lipinski definition) is 1. The fraction of sp³-hybridized carbons (Fsp3) is 0. The quantitative estimate of drug-likeness (QED) is 0.431. The minimum Gasteiger partial charge on any atom is -1.00 e. The third-order valence-corrected chi connectivity index (χ3v) is 0. The smallest absolute Gasteiger partial charge is 1.00 e. The van der Waals surface area contributed by atoms with Crippen LogP contribution in [0.15, 0.2) is 0 Å². The predicted octanol–water partition coefficient (Wildman–Crippen LogP) is -2.41. The van der Waals surface area contributed by atoms with Crippen LogP contribution in [-0.2, 0) is 22.4 Å². The van der Waals surface area contributed by atoms with Crippen molar-refractivity contribution in [2.24, 2.45) is 0 Å². The summed E-state index contributed by atoms with van der Waals surface area (Å²) in [6, 6.07) is 0. The van der Waals surface area contributed by atoms with Gasteiger partial charge in [-0.05, 0) is 0 Å². The summed E-state index contributed by atoms with van der Waals surface area (Å²) < 4.78 is 0. The van der Waals surface area contributed by atoms with E-state index in [1.807, 2.05) is 0 Å². The van der Waals surface area contributed by atoms with E-state index in [0.29, 0.717) is 0 Å². The van der Waals surface area contributed by atoms with Gasteiger partial charge in [0, 0.05) is 0 Å². The summed E-state index contributed by atoms with van der Waals surface area (Å²) in [5.74, 6) is 0. The molecule has 3 N–H and O–H groups in total. The molecule has 0 aliphatic heterocycles. The van der Waals surface area contributed by atoms with Crippen LogP contribution in [0.5, 0.6) is 0 Å². The average Bonchev–Trinajstić information content (AvgIpc) is 0. The summed E-state index contributed by atoms with van der Waals surface area (Å²) in [5.41, 5.74) is 0. The first kappa shape index (κ1) is 59.0. The van der Waals surface area contributed by atoms with E-state index in [0.717, 1.165) is 0 Å². The van der Waals surface area contributed by atoms with E-state index in [4.69, 9.17) is 0 Å². The van der Waals surface area contributed by atoms with Gasteiger partial charge in [-0.2, -0.15) is 0 Å². The van der Waals surface area contributed by atoms with Gasteiger partial charge in [0.1, 0.15) is 0 Å². The molecule has 1 nitrogen and oxygen atoms in total. The van der Waals surface area contributed by atoms with Gasteiger partial charge in [-0.15, -0.1) is 12.4 Å². The Morgan fingerprint density at radius 1 is 1.00 bits per heavy atom. The fourth-order valence-electron chi connectivity index (χ4n) is 0. The molecule has 0 aromatic rings. The Balaban J connectivity index is 0. The summed E-state index contributed by atoms with van der Waals surface area (Å²) in [7, 11) is 0. The second-order valence-corrected chi connectivity index (χ2v) is 0. The molecule has 0 aromatic carbocycles. The molecule has 0 atom stereocenters. The third-order valence-electron chi connectivity index (χ3n) is 0. The monoisotopic (exact) mass is 195 g/mol. The van der Waals surface area contributed by atoms with Crippen LogP contribution in [0.1, 0.15) is 0 Å². The minimum absolute atomic E-state index is 0. The summed E-state index contributed by atoms with van der Waals surface area (Å²) >= 11 is 0. The van der Waals surface area contributed by atoms with Crippen molar-refractivity contribution in [2.45, 2.75) is 0 Å². The Morgan fingerprint density at radius 2 is 1.00 bits per heavy atom. The van der Waals surface area contributed by atoms with E-state index in [-0.39, 0.29) is 53.3 Å². The number of hydrogen-bond donors (Lipinski definition) is 1. The second-order valence-electron chi connectivity index (χ2n) is 0. The zero-order valence-corrected chi connectivity index (χ0v) is 4.85. The standard InChI is InChI=1S/Ag.2ClH.H3N/h;2*1H;1H3/q+1;;;/p-1. The van der Waals surface area contributed by atoms with Crippen molar-refractivity contribution in [3.8, 4) is 0 Å². The maximum Gasteiger partial charge on any atom is 1.00 e. The van der Waals surface area contributed by atoms with Crippen LogP contribution in [0.3, 0.4) is 0 Å². The van der Waals surface area contributed by atoms with Gasteiger partial charge in [0.25, 0.3) is 0 Å². The van der Waals surface area contributed by atoms with Gasteiger partial charge in [-0.1, -0.05) is 0 Å². The van der Waals surface area contributed by atoms with Crippen molar-refractivity contribution >= 4 is 12.4 Å². The Kier molecular flexibility index (Phi) is 415. The van der Waals surface area contributed by atoms with Crippen molar-refractivity contribution in [3.63, 3.8) is 0 Å². The molecule has 0 radical (unpaired) electrons. The van der Waals surface area contributed by atoms with Crippen molar-refractivity contribution in [1.82, 2.24) is 6.15 Å². The average molecular weight is 197 g/mol. The molecule has 0 aromatic heterocycles. The number of rotatable bonds is 0. The Labute approximate surface area is 53.4 Å². The third kappa shape index (κ3) is 10.4. The molecule has 0 fully saturated rings. The summed E-state index contributed by atoms with van der Waals surface area (Å²) in [6.07, 6.45) is 0. The molecule has 0 aliphatic rings. The SMILES string of the molecule is Cl.N.[Ag+].[Cl-]. The van der Waals surface area contributed by atoms with Crippen LogP contribution >= 0.6 is 12.4 Å².